The molecular weight excluding hydrogens is 319 g/mol. The second-order valence-electron chi connectivity index (χ2n) is 3.38. The van der Waals surface area contributed by atoms with E-state index in [0.29, 0.717) is 10.2 Å². The van der Waals surface area contributed by atoms with E-state index >= 15 is 0 Å². The van der Waals surface area contributed by atoms with Crippen LogP contribution in [0.1, 0.15) is 0 Å². The van der Waals surface area contributed by atoms with Crippen LogP contribution in [0.25, 0.3) is 0 Å². The summed E-state index contributed by atoms with van der Waals surface area (Å²) < 4.78 is 24.1. The van der Waals surface area contributed by atoms with E-state index in [4.69, 9.17) is 15.3 Å². The number of hydrogen-bond acceptors (Lipinski definition) is 6. The second kappa shape index (κ2) is 5.81. The fourth-order valence-electron chi connectivity index (χ4n) is 1.38. The van der Waals surface area contributed by atoms with Crippen molar-refractivity contribution in [1.82, 2.24) is 9.97 Å². The normalized spacial score (nSPS) is 10.1. The Morgan fingerprint density at radius 1 is 1.37 bits per heavy atom. The van der Waals surface area contributed by atoms with Crippen LogP contribution >= 0.6 is 15.9 Å². The number of aromatic nitrogens is 2. The van der Waals surface area contributed by atoms with Gasteiger partial charge in [0.25, 0.3) is 5.88 Å². The summed E-state index contributed by atoms with van der Waals surface area (Å²) in [5.74, 6) is 6.02. The van der Waals surface area contributed by atoms with Crippen molar-refractivity contribution in [1.29, 1.82) is 0 Å². The van der Waals surface area contributed by atoms with Crippen molar-refractivity contribution < 1.29 is 13.9 Å². The Bertz CT molecular complexity index is 597. The van der Waals surface area contributed by atoms with Crippen LogP contribution in [0, 0.1) is 5.82 Å². The number of nitrogens with two attached hydrogens (primary N) is 1. The minimum atomic E-state index is -0.377. The predicted octanol–water partition coefficient (Wildman–Crippen LogP) is 2.46. The zero-order valence-electron chi connectivity index (χ0n) is 9.85. The Morgan fingerprint density at radius 2 is 2.16 bits per heavy atom. The Hall–Kier alpha value is -1.93. The maximum absolute atomic E-state index is 13.0. The highest BCUT2D eigenvalue weighted by Crippen LogP contribution is 2.36. The van der Waals surface area contributed by atoms with Gasteiger partial charge in [-0.1, -0.05) is 0 Å². The fourth-order valence-corrected chi connectivity index (χ4v) is 1.81. The topological polar surface area (TPSA) is 82.3 Å². The highest BCUT2D eigenvalue weighted by molar-refractivity contribution is 9.10. The molecule has 8 heteroatoms. The van der Waals surface area contributed by atoms with Gasteiger partial charge in [0.1, 0.15) is 17.9 Å². The van der Waals surface area contributed by atoms with Crippen molar-refractivity contribution in [3.63, 3.8) is 0 Å². The number of hydrogen-bond donors (Lipinski definition) is 2. The summed E-state index contributed by atoms with van der Waals surface area (Å²) in [7, 11) is 1.44. The second-order valence-corrected chi connectivity index (χ2v) is 4.24. The number of ether oxygens (including phenoxy) is 2. The molecule has 0 fully saturated rings. The zero-order chi connectivity index (χ0) is 13.8. The summed E-state index contributed by atoms with van der Waals surface area (Å²) in [6.45, 7) is 0. The molecule has 2 aromatic rings. The average molecular weight is 329 g/mol. The third kappa shape index (κ3) is 2.91. The molecule has 100 valence electrons. The van der Waals surface area contributed by atoms with E-state index in [2.05, 4.69) is 31.3 Å². The third-order valence-corrected chi connectivity index (χ3v) is 2.83. The van der Waals surface area contributed by atoms with E-state index in [0.717, 1.165) is 0 Å². The molecule has 0 amide bonds. The molecule has 0 atom stereocenters. The molecule has 0 aliphatic heterocycles. The molecule has 0 saturated carbocycles. The lowest BCUT2D eigenvalue weighted by molar-refractivity contribution is 0.368. The molecule has 2 rings (SSSR count). The minimum Gasteiger partial charge on any atom is -0.489 e. The summed E-state index contributed by atoms with van der Waals surface area (Å²) in [6, 6.07) is 4.03. The van der Waals surface area contributed by atoms with Gasteiger partial charge in [0.15, 0.2) is 5.82 Å². The van der Waals surface area contributed by atoms with Crippen molar-refractivity contribution >= 4 is 21.7 Å². The van der Waals surface area contributed by atoms with E-state index < -0.39 is 0 Å². The van der Waals surface area contributed by atoms with E-state index in [1.807, 2.05) is 0 Å². The van der Waals surface area contributed by atoms with Crippen LogP contribution in [0.2, 0.25) is 0 Å². The average Bonchev–Trinajstić information content (AvgIpc) is 2.41. The SMILES string of the molecule is COc1c(NN)ncnc1Oc1ccc(F)cc1Br. The number of rotatable bonds is 4. The molecule has 1 heterocycles. The Morgan fingerprint density at radius 3 is 2.79 bits per heavy atom. The highest BCUT2D eigenvalue weighted by Gasteiger charge is 2.15. The van der Waals surface area contributed by atoms with Gasteiger partial charge in [0.2, 0.25) is 5.75 Å². The Kier molecular flexibility index (Phi) is 4.13. The molecule has 0 unspecified atom stereocenters. The summed E-state index contributed by atoms with van der Waals surface area (Å²) in [5.41, 5.74) is 2.37. The van der Waals surface area contributed by atoms with Crippen LogP contribution in [0.15, 0.2) is 29.0 Å². The monoisotopic (exact) mass is 328 g/mol. The molecule has 0 saturated heterocycles. The molecule has 19 heavy (non-hydrogen) atoms. The van der Waals surface area contributed by atoms with Crippen LogP contribution in [-0.2, 0) is 0 Å². The van der Waals surface area contributed by atoms with Gasteiger partial charge in [0.05, 0.1) is 11.6 Å². The number of anilines is 1. The lowest BCUT2D eigenvalue weighted by Gasteiger charge is -2.12. The van der Waals surface area contributed by atoms with E-state index in [9.17, 15) is 4.39 Å². The van der Waals surface area contributed by atoms with Gasteiger partial charge < -0.3 is 14.9 Å². The summed E-state index contributed by atoms with van der Waals surface area (Å²) in [4.78, 5) is 7.83. The van der Waals surface area contributed by atoms with Crippen molar-refractivity contribution in [2.24, 2.45) is 5.84 Å². The first-order chi connectivity index (χ1) is 9.15. The first-order valence-electron chi connectivity index (χ1n) is 5.14. The molecule has 0 spiro atoms. The first-order valence-corrected chi connectivity index (χ1v) is 5.93. The maximum atomic E-state index is 13.0. The standard InChI is InChI=1S/C11H10BrFN4O2/c1-18-9-10(17-14)15-5-16-11(9)19-8-3-2-6(13)4-7(8)12/h2-5H,14H2,1H3,(H,15,16,17). The third-order valence-electron chi connectivity index (χ3n) is 2.21. The molecule has 1 aromatic carbocycles. The summed E-state index contributed by atoms with van der Waals surface area (Å²) in [6.07, 6.45) is 1.27. The van der Waals surface area contributed by atoms with Crippen LogP contribution in [0.5, 0.6) is 17.4 Å². The van der Waals surface area contributed by atoms with Crippen LogP contribution in [0.4, 0.5) is 10.2 Å². The number of benzene rings is 1. The number of nitrogens with zero attached hydrogens (tertiary/aromatic N) is 2. The number of nitrogen functional groups attached to an aromatic ring is 1. The van der Waals surface area contributed by atoms with Gasteiger partial charge >= 0.3 is 0 Å². The van der Waals surface area contributed by atoms with Gasteiger partial charge in [-0.3, -0.25) is 0 Å². The van der Waals surface area contributed by atoms with Crippen molar-refractivity contribution in [3.8, 4) is 17.4 Å². The lowest BCUT2D eigenvalue weighted by Crippen LogP contribution is -2.11. The number of nitrogens with one attached hydrogen (secondary N) is 1. The molecule has 0 radical (unpaired) electrons. The summed E-state index contributed by atoms with van der Waals surface area (Å²) in [5, 5.41) is 0. The van der Waals surface area contributed by atoms with Crippen LogP contribution < -0.4 is 20.7 Å². The van der Waals surface area contributed by atoms with E-state index in [-0.39, 0.29) is 23.3 Å². The zero-order valence-corrected chi connectivity index (χ0v) is 11.4. The van der Waals surface area contributed by atoms with E-state index in [1.165, 1.54) is 31.6 Å². The number of hydrazine groups is 1. The largest absolute Gasteiger partial charge is 0.489 e. The van der Waals surface area contributed by atoms with E-state index in [1.54, 1.807) is 0 Å². The molecular formula is C11H10BrFN4O2. The van der Waals surface area contributed by atoms with Gasteiger partial charge in [-0.15, -0.1) is 0 Å². The van der Waals surface area contributed by atoms with Crippen molar-refractivity contribution in [2.45, 2.75) is 0 Å². The van der Waals surface area contributed by atoms with Gasteiger partial charge in [-0.05, 0) is 34.1 Å². The summed E-state index contributed by atoms with van der Waals surface area (Å²) >= 11 is 3.20. The predicted molar refractivity (Wildman–Crippen MR) is 70.6 cm³/mol. The molecule has 0 aliphatic rings. The maximum Gasteiger partial charge on any atom is 0.268 e. The molecule has 6 nitrogen and oxygen atoms in total. The molecule has 0 aliphatic carbocycles. The number of methoxy groups -OCH3 is 1. The highest BCUT2D eigenvalue weighted by atomic mass is 79.9. The minimum absolute atomic E-state index is 0.165. The van der Waals surface area contributed by atoms with Crippen LogP contribution in [0.3, 0.4) is 0 Å². The van der Waals surface area contributed by atoms with Gasteiger partial charge in [0, 0.05) is 0 Å². The van der Waals surface area contributed by atoms with Crippen molar-refractivity contribution in [3.05, 3.63) is 34.8 Å². The first kappa shape index (κ1) is 13.5. The smallest absolute Gasteiger partial charge is 0.268 e. The Balaban J connectivity index is 2.37. The molecule has 0 bridgehead atoms. The van der Waals surface area contributed by atoms with Crippen molar-refractivity contribution in [2.75, 3.05) is 12.5 Å². The van der Waals surface area contributed by atoms with Crippen LogP contribution in [-0.4, -0.2) is 17.1 Å². The Labute approximate surface area is 116 Å². The lowest BCUT2D eigenvalue weighted by atomic mass is 10.3. The fraction of sp³-hybridized carbons (Fsp3) is 0.0909. The number of halogens is 2. The van der Waals surface area contributed by atoms with Gasteiger partial charge in [-0.25, -0.2) is 15.2 Å². The quantitative estimate of drug-likeness (QED) is 0.662. The van der Waals surface area contributed by atoms with Gasteiger partial charge in [-0.2, -0.15) is 4.98 Å². The molecule has 3 N–H and O–H groups in total. The molecule has 1 aromatic heterocycles.